The maximum Gasteiger partial charge on any atom is 0.407 e. The summed E-state index contributed by atoms with van der Waals surface area (Å²) in [6, 6.07) is 8.05. The number of ether oxygens (including phenoxy) is 3. The van der Waals surface area contributed by atoms with Gasteiger partial charge in [-0.2, -0.15) is 0 Å². The molecule has 7 rings (SSSR count). The number of pyridine rings is 1. The Kier molecular flexibility index (Phi) is 9.30. The number of benzene rings is 1. The maximum atomic E-state index is 14.5. The molecule has 14 nitrogen and oxygen atoms in total. The van der Waals surface area contributed by atoms with Crippen molar-refractivity contribution in [2.45, 2.75) is 94.7 Å². The van der Waals surface area contributed by atoms with Crippen LogP contribution in [0.4, 0.5) is 13.6 Å². The zero-order valence-corrected chi connectivity index (χ0v) is 30.4. The highest BCUT2D eigenvalue weighted by Gasteiger charge is 2.67. The topological polar surface area (TPSA) is 182 Å². The average molecular weight is 760 g/mol. The van der Waals surface area contributed by atoms with Crippen LogP contribution in [0.3, 0.4) is 0 Å². The molecule has 53 heavy (non-hydrogen) atoms. The van der Waals surface area contributed by atoms with Crippen LogP contribution in [0.2, 0.25) is 0 Å². The van der Waals surface area contributed by atoms with Crippen molar-refractivity contribution in [1.82, 2.24) is 25.2 Å². The summed E-state index contributed by atoms with van der Waals surface area (Å²) in [6.45, 7) is 5.36. The number of carbonyl (C=O) groups excluding carboxylic acids is 4. The van der Waals surface area contributed by atoms with Gasteiger partial charge in [0.1, 0.15) is 47.5 Å². The first-order valence-corrected chi connectivity index (χ1v) is 19.3. The van der Waals surface area contributed by atoms with E-state index in [1.807, 2.05) is 10.8 Å². The van der Waals surface area contributed by atoms with Gasteiger partial charge in [0, 0.05) is 23.6 Å². The molecule has 2 aromatic rings. The second-order valence-electron chi connectivity index (χ2n) is 15.9. The number of nitrogens with zero attached hydrogens (tertiary/aromatic N) is 2. The average Bonchev–Trinajstić information content (AvgIpc) is 4.01. The monoisotopic (exact) mass is 759 g/mol. The summed E-state index contributed by atoms with van der Waals surface area (Å²) in [7, 11) is -4.12. The predicted molar refractivity (Wildman–Crippen MR) is 184 cm³/mol. The Morgan fingerprint density at radius 1 is 1.08 bits per heavy atom. The lowest BCUT2D eigenvalue weighted by Crippen LogP contribution is -2.60. The number of fused-ring (bicyclic) bond motifs is 6. The summed E-state index contributed by atoms with van der Waals surface area (Å²) in [5.74, 6) is -3.59. The highest BCUT2D eigenvalue weighted by Crippen LogP contribution is 2.49. The number of hydrogen-bond donors (Lipinski definition) is 3. The zero-order chi connectivity index (χ0) is 37.9. The van der Waals surface area contributed by atoms with Gasteiger partial charge in [-0.25, -0.2) is 22.0 Å². The van der Waals surface area contributed by atoms with E-state index in [2.05, 4.69) is 15.6 Å². The Hall–Kier alpha value is -4.54. The number of alkyl carbamates (subject to hydrolysis) is 1. The van der Waals surface area contributed by atoms with Gasteiger partial charge in [-0.3, -0.25) is 24.1 Å². The molecule has 5 aliphatic rings. The number of rotatable bonds is 6. The lowest BCUT2D eigenvalue weighted by molar-refractivity contribution is -0.143. The molecule has 3 heterocycles. The van der Waals surface area contributed by atoms with Crippen molar-refractivity contribution in [1.29, 1.82) is 0 Å². The number of halogens is 2. The number of amides is 4. The van der Waals surface area contributed by atoms with E-state index in [0.717, 1.165) is 12.8 Å². The number of carbonyl (C=O) groups is 4. The SMILES string of the molecule is CC(C)(C)[C@@H]1NC(=O)OCC2(CC2)COc2cccc(c2)-c2ncccc2OC2C[C@@H](C(=O)NC3(C(=O)NS(=O)(=O)C4CC4)C[C@H]3C(F)F)N(C2)C1=O. The third kappa shape index (κ3) is 7.62. The van der Waals surface area contributed by atoms with Crippen LogP contribution in [0.15, 0.2) is 42.6 Å². The van der Waals surface area contributed by atoms with Gasteiger partial charge in [0.05, 0.1) is 24.3 Å². The van der Waals surface area contributed by atoms with E-state index >= 15 is 0 Å². The summed E-state index contributed by atoms with van der Waals surface area (Å²) >= 11 is 0. The maximum absolute atomic E-state index is 14.5. The van der Waals surface area contributed by atoms with Gasteiger partial charge >= 0.3 is 6.09 Å². The Bertz CT molecular complexity index is 1920. The van der Waals surface area contributed by atoms with Crippen molar-refractivity contribution in [3.05, 3.63) is 42.6 Å². The molecule has 3 saturated carbocycles. The van der Waals surface area contributed by atoms with Crippen molar-refractivity contribution < 1.29 is 50.6 Å². The van der Waals surface area contributed by atoms with Gasteiger partial charge in [-0.05, 0) is 61.8 Å². The molecule has 2 unspecified atom stereocenters. The van der Waals surface area contributed by atoms with E-state index in [1.54, 1.807) is 57.3 Å². The number of alkyl halides is 2. The van der Waals surface area contributed by atoms with Crippen LogP contribution < -0.4 is 24.8 Å². The summed E-state index contributed by atoms with van der Waals surface area (Å²) in [6.07, 6.45) is -1.55. The minimum absolute atomic E-state index is 0.0462. The molecular weight excluding hydrogens is 716 g/mol. The van der Waals surface area contributed by atoms with E-state index in [9.17, 15) is 36.4 Å². The number of aromatic nitrogens is 1. The largest absolute Gasteiger partial charge is 0.493 e. The molecule has 4 bridgehead atoms. The van der Waals surface area contributed by atoms with Crippen LogP contribution in [0.5, 0.6) is 11.5 Å². The molecule has 3 N–H and O–H groups in total. The lowest BCUT2D eigenvalue weighted by atomic mass is 9.85. The Morgan fingerprint density at radius 3 is 2.47 bits per heavy atom. The van der Waals surface area contributed by atoms with Crippen LogP contribution in [-0.4, -0.2) is 97.3 Å². The Balaban J connectivity index is 1.22. The molecule has 0 radical (unpaired) electrons. The fourth-order valence-electron chi connectivity index (χ4n) is 6.97. The molecule has 2 aliphatic heterocycles. The van der Waals surface area contributed by atoms with Crippen molar-refractivity contribution in [3.63, 3.8) is 0 Å². The normalized spacial score (nSPS) is 28.3. The molecule has 1 spiro atoms. The van der Waals surface area contributed by atoms with Crippen molar-refractivity contribution >= 4 is 33.8 Å². The van der Waals surface area contributed by atoms with Crippen LogP contribution in [0.1, 0.15) is 59.3 Å². The van der Waals surface area contributed by atoms with E-state index in [0.29, 0.717) is 42.2 Å². The minimum Gasteiger partial charge on any atom is -0.493 e. The van der Waals surface area contributed by atoms with E-state index in [4.69, 9.17) is 14.2 Å². The number of cyclic esters (lactones) is 1. The van der Waals surface area contributed by atoms with Gasteiger partial charge < -0.3 is 29.7 Å². The molecule has 286 valence electrons. The third-order valence-corrected chi connectivity index (χ3v) is 12.5. The fraction of sp³-hybridized carbons (Fsp3) is 0.583. The van der Waals surface area contributed by atoms with Crippen molar-refractivity contribution in [3.8, 4) is 22.8 Å². The van der Waals surface area contributed by atoms with Crippen LogP contribution in [-0.2, 0) is 29.1 Å². The van der Waals surface area contributed by atoms with Gasteiger partial charge in [0.2, 0.25) is 28.3 Å². The Morgan fingerprint density at radius 2 is 1.81 bits per heavy atom. The quantitative estimate of drug-likeness (QED) is 0.396. The van der Waals surface area contributed by atoms with Crippen LogP contribution in [0.25, 0.3) is 11.3 Å². The first kappa shape index (κ1) is 36.8. The molecule has 1 aromatic carbocycles. The van der Waals surface area contributed by atoms with E-state index < -0.39 is 92.4 Å². The fourth-order valence-corrected chi connectivity index (χ4v) is 8.33. The first-order valence-electron chi connectivity index (χ1n) is 17.8. The van der Waals surface area contributed by atoms with Gasteiger partial charge in [0.25, 0.3) is 5.91 Å². The third-order valence-electron chi connectivity index (χ3n) is 10.7. The zero-order valence-electron chi connectivity index (χ0n) is 29.6. The standard InChI is InChI=1S/C36H43F2N5O9S/c1-34(2,3)28-31(45)43-17-22(15-25(43)30(44)41-36(16-24(36)29(37)38)32(46)42-53(48,49)23-9-10-23)52-26-8-5-13-39-27(26)20-6-4-7-21(14-20)50-18-35(11-12-35)19-51-33(47)40-28/h4-8,13-14,22-25,28-29H,9-12,15-19H2,1-3H3,(H,40,47)(H,41,44)(H,42,46)/t22?,24-,25-,28+,36?/m0/s1. The number of hydrogen-bond acceptors (Lipinski definition) is 10. The summed E-state index contributed by atoms with van der Waals surface area (Å²) in [5.41, 5.74) is -2.36. The van der Waals surface area contributed by atoms with Gasteiger partial charge in [-0.1, -0.05) is 32.9 Å². The molecular formula is C36H43F2N5O9S. The predicted octanol–water partition coefficient (Wildman–Crippen LogP) is 3.16. The van der Waals surface area contributed by atoms with E-state index in [-0.39, 0.29) is 19.6 Å². The molecule has 4 fully saturated rings. The van der Waals surface area contributed by atoms with Crippen LogP contribution >= 0.6 is 0 Å². The molecule has 4 amide bonds. The van der Waals surface area contributed by atoms with Gasteiger partial charge in [0.15, 0.2) is 0 Å². The van der Waals surface area contributed by atoms with Gasteiger partial charge in [-0.15, -0.1) is 0 Å². The highest BCUT2D eigenvalue weighted by atomic mass is 32.2. The minimum atomic E-state index is -4.12. The van der Waals surface area contributed by atoms with Crippen molar-refractivity contribution in [2.24, 2.45) is 16.7 Å². The van der Waals surface area contributed by atoms with Crippen LogP contribution in [0, 0.1) is 16.7 Å². The summed E-state index contributed by atoms with van der Waals surface area (Å²) in [5, 5.41) is 4.29. The molecule has 3 aliphatic carbocycles. The number of sulfonamides is 1. The summed E-state index contributed by atoms with van der Waals surface area (Å²) < 4.78 is 73.5. The molecule has 1 aromatic heterocycles. The highest BCUT2D eigenvalue weighted by molar-refractivity contribution is 7.91. The number of nitrogens with one attached hydrogen (secondary N) is 3. The Labute approximate surface area is 305 Å². The molecule has 17 heteroatoms. The van der Waals surface area contributed by atoms with E-state index in [1.165, 1.54) is 4.90 Å². The second-order valence-corrected chi connectivity index (χ2v) is 17.9. The summed E-state index contributed by atoms with van der Waals surface area (Å²) in [4.78, 5) is 60.9. The lowest BCUT2D eigenvalue weighted by Gasteiger charge is -2.35. The van der Waals surface area contributed by atoms with Crippen molar-refractivity contribution in [2.75, 3.05) is 19.8 Å². The second kappa shape index (κ2) is 13.4. The molecule has 1 saturated heterocycles. The first-order chi connectivity index (χ1) is 25.0. The smallest absolute Gasteiger partial charge is 0.407 e. The molecule has 5 atom stereocenters.